The molecule has 0 aromatic heterocycles. The maximum absolute atomic E-state index is 13.4. The molecule has 0 spiro atoms. The van der Waals surface area contributed by atoms with Crippen LogP contribution in [0.3, 0.4) is 0 Å². The Labute approximate surface area is 152 Å². The molecule has 0 radical (unpaired) electrons. The minimum atomic E-state index is -4.08. The number of hydrogen-bond donors (Lipinski definition) is 1. The van der Waals surface area contributed by atoms with Crippen molar-refractivity contribution in [1.82, 2.24) is 4.31 Å². The predicted octanol–water partition coefficient (Wildman–Crippen LogP) is 2.62. The van der Waals surface area contributed by atoms with Gasteiger partial charge in [-0.1, -0.05) is 12.8 Å². The van der Waals surface area contributed by atoms with Crippen LogP contribution in [0.25, 0.3) is 0 Å². The maximum atomic E-state index is 13.4. The lowest BCUT2D eigenvalue weighted by Crippen LogP contribution is -2.46. The van der Waals surface area contributed by atoms with Gasteiger partial charge < -0.3 is 5.11 Å². The normalized spacial score (nSPS) is 26.5. The minimum absolute atomic E-state index is 0.0134. The maximum Gasteiger partial charge on any atom is 0.322 e. The Balaban J connectivity index is 2.11. The number of carbonyl (C=O) groups is 1. The first-order valence-corrected chi connectivity index (χ1v) is 10.1. The predicted molar refractivity (Wildman–Crippen MR) is 93.4 cm³/mol. The molecule has 2 aliphatic rings. The number of sulfonamides is 1. The fraction of sp³-hybridized carbons (Fsp3) is 0.588. The molecular weight excluding hydrogens is 360 g/mol. The van der Waals surface area contributed by atoms with Gasteiger partial charge in [0.05, 0.1) is 9.82 Å². The van der Waals surface area contributed by atoms with E-state index in [0.29, 0.717) is 12.8 Å². The van der Waals surface area contributed by atoms with E-state index in [1.165, 1.54) is 30.3 Å². The van der Waals surface area contributed by atoms with Crippen molar-refractivity contribution in [1.29, 1.82) is 0 Å². The lowest BCUT2D eigenvalue weighted by molar-refractivity contribution is -0.385. The van der Waals surface area contributed by atoms with Gasteiger partial charge in [0, 0.05) is 18.2 Å². The van der Waals surface area contributed by atoms with Gasteiger partial charge in [0.2, 0.25) is 10.0 Å². The lowest BCUT2D eigenvalue weighted by Gasteiger charge is -2.32. The number of benzene rings is 1. The van der Waals surface area contributed by atoms with E-state index in [4.69, 9.17) is 0 Å². The highest BCUT2D eigenvalue weighted by molar-refractivity contribution is 7.89. The summed E-state index contributed by atoms with van der Waals surface area (Å²) in [5.74, 6) is -1.08. The molecule has 2 fully saturated rings. The molecule has 1 aromatic rings. The van der Waals surface area contributed by atoms with Crippen molar-refractivity contribution in [3.05, 3.63) is 33.4 Å². The molecule has 142 valence electrons. The smallest absolute Gasteiger partial charge is 0.322 e. The van der Waals surface area contributed by atoms with E-state index < -0.39 is 27.0 Å². The topological polar surface area (TPSA) is 118 Å². The monoisotopic (exact) mass is 382 g/mol. The second-order valence-electron chi connectivity index (χ2n) is 7.20. The summed E-state index contributed by atoms with van der Waals surface area (Å²) in [7, 11) is -4.08. The third-order valence-corrected chi connectivity index (χ3v) is 7.75. The van der Waals surface area contributed by atoms with Crippen molar-refractivity contribution in [3.8, 4) is 0 Å². The molecule has 1 heterocycles. The molecule has 3 atom stereocenters. The number of nitro benzene ring substituents is 1. The fourth-order valence-electron chi connectivity index (χ4n) is 4.52. The Bertz CT molecular complexity index is 843. The molecule has 3 unspecified atom stereocenters. The van der Waals surface area contributed by atoms with Crippen molar-refractivity contribution in [3.63, 3.8) is 0 Å². The zero-order valence-electron chi connectivity index (χ0n) is 14.7. The first-order valence-electron chi connectivity index (χ1n) is 8.66. The summed E-state index contributed by atoms with van der Waals surface area (Å²) in [6.45, 7) is 3.02. The van der Waals surface area contributed by atoms with Crippen LogP contribution in [-0.4, -0.2) is 40.8 Å². The van der Waals surface area contributed by atoms with Crippen LogP contribution in [-0.2, 0) is 14.8 Å². The van der Waals surface area contributed by atoms with Gasteiger partial charge in [-0.25, -0.2) is 8.42 Å². The molecule has 0 amide bonds. The highest BCUT2D eigenvalue weighted by Crippen LogP contribution is 2.43. The van der Waals surface area contributed by atoms with Crippen LogP contribution < -0.4 is 0 Å². The number of nitro groups is 1. The van der Waals surface area contributed by atoms with Crippen LogP contribution in [0.15, 0.2) is 17.0 Å². The average molecular weight is 382 g/mol. The largest absolute Gasteiger partial charge is 0.480 e. The number of hydrogen-bond acceptors (Lipinski definition) is 5. The molecule has 1 aromatic carbocycles. The minimum Gasteiger partial charge on any atom is -0.480 e. The van der Waals surface area contributed by atoms with E-state index in [-0.39, 0.29) is 33.7 Å². The van der Waals surface area contributed by atoms with E-state index in [1.807, 2.05) is 0 Å². The fourth-order valence-corrected chi connectivity index (χ4v) is 6.81. The molecule has 1 saturated heterocycles. The number of aliphatic carboxylic acids is 1. The number of aryl methyl sites for hydroxylation is 2. The van der Waals surface area contributed by atoms with Crippen molar-refractivity contribution in [2.24, 2.45) is 5.92 Å². The quantitative estimate of drug-likeness (QED) is 0.632. The Hall–Kier alpha value is -2.00. The van der Waals surface area contributed by atoms with E-state index in [0.717, 1.165) is 19.3 Å². The number of non-ortho nitro benzene ring substituents is 1. The van der Waals surface area contributed by atoms with Crippen LogP contribution in [0.2, 0.25) is 0 Å². The van der Waals surface area contributed by atoms with Crippen molar-refractivity contribution >= 4 is 21.7 Å². The van der Waals surface area contributed by atoms with E-state index in [1.54, 1.807) is 0 Å². The summed E-state index contributed by atoms with van der Waals surface area (Å²) in [6.07, 6.45) is 3.66. The first-order chi connectivity index (χ1) is 12.1. The highest BCUT2D eigenvalue weighted by Gasteiger charge is 2.51. The van der Waals surface area contributed by atoms with Crippen LogP contribution in [0.5, 0.6) is 0 Å². The Morgan fingerprint density at radius 2 is 1.81 bits per heavy atom. The zero-order valence-corrected chi connectivity index (χ0v) is 15.5. The van der Waals surface area contributed by atoms with Crippen molar-refractivity contribution in [2.45, 2.75) is 62.9 Å². The molecule has 0 bridgehead atoms. The number of fused-ring (bicyclic) bond motifs is 1. The second kappa shape index (κ2) is 6.62. The third-order valence-electron chi connectivity index (χ3n) is 5.51. The van der Waals surface area contributed by atoms with E-state index >= 15 is 0 Å². The molecule has 1 aliphatic carbocycles. The number of carboxylic acid groups (broad SMARTS) is 1. The zero-order chi connectivity index (χ0) is 19.2. The summed E-state index contributed by atoms with van der Waals surface area (Å²) < 4.78 is 28.0. The van der Waals surface area contributed by atoms with Gasteiger partial charge in [-0.15, -0.1) is 0 Å². The number of carboxylic acids is 1. The standard InChI is InChI=1S/C17H22N2O6S/c1-10-7-13(19(22)23)8-11(2)16(10)26(24,25)18-14-6-4-3-5-12(14)9-15(18)17(20)21/h7-8,12,14-15H,3-6,9H2,1-2H3,(H,20,21). The molecular formula is C17H22N2O6S. The first kappa shape index (κ1) is 18.8. The summed E-state index contributed by atoms with van der Waals surface area (Å²) >= 11 is 0. The summed E-state index contributed by atoms with van der Waals surface area (Å²) in [6, 6.07) is 1.06. The van der Waals surface area contributed by atoms with Gasteiger partial charge in [0.15, 0.2) is 0 Å². The Morgan fingerprint density at radius 1 is 1.23 bits per heavy atom. The molecule has 1 saturated carbocycles. The molecule has 9 heteroatoms. The number of nitrogens with zero attached hydrogens (tertiary/aromatic N) is 2. The van der Waals surface area contributed by atoms with Crippen LogP contribution in [0, 0.1) is 29.9 Å². The lowest BCUT2D eigenvalue weighted by atomic mass is 9.85. The SMILES string of the molecule is Cc1cc([N+](=O)[O-])cc(C)c1S(=O)(=O)N1C(C(=O)O)CC2CCCCC21. The molecule has 8 nitrogen and oxygen atoms in total. The summed E-state index contributed by atoms with van der Waals surface area (Å²) in [5.41, 5.74) is 0.353. The Morgan fingerprint density at radius 3 is 2.35 bits per heavy atom. The number of rotatable bonds is 4. The van der Waals surface area contributed by atoms with Crippen molar-refractivity contribution < 1.29 is 23.2 Å². The third kappa shape index (κ3) is 2.99. The van der Waals surface area contributed by atoms with Crippen LogP contribution in [0.4, 0.5) is 5.69 Å². The van der Waals surface area contributed by atoms with Gasteiger partial charge in [0.25, 0.3) is 5.69 Å². The van der Waals surface area contributed by atoms with E-state index in [2.05, 4.69) is 0 Å². The van der Waals surface area contributed by atoms with Gasteiger partial charge in [0.1, 0.15) is 6.04 Å². The van der Waals surface area contributed by atoms with Crippen LogP contribution >= 0.6 is 0 Å². The summed E-state index contributed by atoms with van der Waals surface area (Å²) in [5, 5.41) is 20.6. The van der Waals surface area contributed by atoms with Gasteiger partial charge >= 0.3 is 5.97 Å². The molecule has 1 N–H and O–H groups in total. The molecule has 3 rings (SSSR count). The van der Waals surface area contributed by atoms with Gasteiger partial charge in [-0.3, -0.25) is 14.9 Å². The molecule has 26 heavy (non-hydrogen) atoms. The average Bonchev–Trinajstić information content (AvgIpc) is 2.94. The molecule has 1 aliphatic heterocycles. The van der Waals surface area contributed by atoms with E-state index in [9.17, 15) is 28.4 Å². The van der Waals surface area contributed by atoms with Crippen LogP contribution in [0.1, 0.15) is 43.2 Å². The van der Waals surface area contributed by atoms with Gasteiger partial charge in [-0.2, -0.15) is 4.31 Å². The Kier molecular flexibility index (Phi) is 4.78. The highest BCUT2D eigenvalue weighted by atomic mass is 32.2. The summed E-state index contributed by atoms with van der Waals surface area (Å²) in [4.78, 5) is 22.2. The van der Waals surface area contributed by atoms with Crippen molar-refractivity contribution in [2.75, 3.05) is 0 Å². The second-order valence-corrected chi connectivity index (χ2v) is 8.98. The van der Waals surface area contributed by atoms with Gasteiger partial charge in [-0.05, 0) is 50.2 Å².